The molecule has 0 spiro atoms. The number of hydrogen-bond donors (Lipinski definition) is 1. The number of aromatic nitrogens is 1. The van der Waals surface area contributed by atoms with Crippen molar-refractivity contribution >= 4 is 33.7 Å². The Morgan fingerprint density at radius 2 is 1.86 bits per heavy atom. The number of esters is 1. The second-order valence-electron chi connectivity index (χ2n) is 4.46. The Labute approximate surface area is 135 Å². The fraction of sp³-hybridized carbons (Fsp3) is 0.133. The van der Waals surface area contributed by atoms with E-state index in [1.54, 1.807) is 54.2 Å². The minimum Gasteiger partial charge on any atom is -0.452 e. The van der Waals surface area contributed by atoms with Gasteiger partial charge in [0.25, 0.3) is 11.8 Å². The Bertz CT molecular complexity index is 707. The monoisotopic (exact) mass is 364 g/mol. The topological polar surface area (TPSA) is 77.4 Å². The molecule has 0 aliphatic rings. The van der Waals surface area contributed by atoms with Crippen molar-refractivity contribution in [1.82, 2.24) is 9.88 Å². The Hall–Kier alpha value is -2.41. The highest BCUT2D eigenvalue weighted by molar-refractivity contribution is 9.10. The van der Waals surface area contributed by atoms with Crippen LogP contribution in [0.25, 0.3) is 0 Å². The highest BCUT2D eigenvalue weighted by Crippen LogP contribution is 2.11. The number of ether oxygens (including phenoxy) is 1. The maximum absolute atomic E-state index is 11.8. The molecule has 114 valence electrons. The first-order chi connectivity index (χ1) is 10.5. The summed E-state index contributed by atoms with van der Waals surface area (Å²) < 4.78 is 7.26. The number of carbonyl (C=O) groups is 3. The number of hydrogen-bond acceptors (Lipinski definition) is 4. The Kier molecular flexibility index (Phi) is 5.11. The van der Waals surface area contributed by atoms with Gasteiger partial charge in [-0.05, 0) is 36.4 Å². The third kappa shape index (κ3) is 4.05. The summed E-state index contributed by atoms with van der Waals surface area (Å²) in [5, 5.41) is 2.16. The molecule has 2 amide bonds. The maximum atomic E-state index is 11.8. The lowest BCUT2D eigenvalue weighted by Crippen LogP contribution is -2.35. The van der Waals surface area contributed by atoms with Crippen molar-refractivity contribution in [3.8, 4) is 0 Å². The van der Waals surface area contributed by atoms with Gasteiger partial charge < -0.3 is 9.30 Å². The number of benzene rings is 1. The smallest absolute Gasteiger partial charge is 0.338 e. The van der Waals surface area contributed by atoms with Gasteiger partial charge >= 0.3 is 5.97 Å². The number of aryl methyl sites for hydroxylation is 1. The number of nitrogens with zero attached hydrogens (tertiary/aromatic N) is 1. The summed E-state index contributed by atoms with van der Waals surface area (Å²) in [4.78, 5) is 35.1. The Balaban J connectivity index is 1.85. The molecular formula is C15H13BrN2O4. The number of carbonyl (C=O) groups excluding carboxylic acids is 3. The zero-order chi connectivity index (χ0) is 16.1. The average Bonchev–Trinajstić information content (AvgIpc) is 2.91. The SMILES string of the molecule is Cn1cccc1C(=O)NC(=O)COC(=O)c1ccc(Br)cc1. The van der Waals surface area contributed by atoms with Crippen molar-refractivity contribution in [1.29, 1.82) is 0 Å². The van der Waals surface area contributed by atoms with E-state index in [1.165, 1.54) is 0 Å². The molecule has 7 heteroatoms. The minimum absolute atomic E-state index is 0.324. The molecule has 0 aliphatic heterocycles. The third-order valence-electron chi connectivity index (χ3n) is 2.84. The molecule has 0 unspecified atom stereocenters. The third-order valence-corrected chi connectivity index (χ3v) is 3.37. The summed E-state index contributed by atoms with van der Waals surface area (Å²) in [5.41, 5.74) is 0.664. The van der Waals surface area contributed by atoms with Crippen LogP contribution in [0, 0.1) is 0 Å². The molecule has 0 atom stereocenters. The molecule has 6 nitrogen and oxygen atoms in total. The zero-order valence-electron chi connectivity index (χ0n) is 11.7. The van der Waals surface area contributed by atoms with Gasteiger partial charge in [0.15, 0.2) is 6.61 Å². The van der Waals surface area contributed by atoms with Crippen LogP contribution in [-0.2, 0) is 16.6 Å². The number of halogens is 1. The standard InChI is InChI=1S/C15H13BrN2O4/c1-18-8-2-3-12(18)14(20)17-13(19)9-22-15(21)10-4-6-11(16)7-5-10/h2-8H,9H2,1H3,(H,17,19,20). The maximum Gasteiger partial charge on any atom is 0.338 e. The van der Waals surface area contributed by atoms with Gasteiger partial charge in [0.1, 0.15) is 5.69 Å². The van der Waals surface area contributed by atoms with Crippen LogP contribution in [0.2, 0.25) is 0 Å². The van der Waals surface area contributed by atoms with E-state index in [2.05, 4.69) is 21.2 Å². The summed E-state index contributed by atoms with van der Waals surface area (Å²) in [6.45, 7) is -0.523. The van der Waals surface area contributed by atoms with Gasteiger partial charge in [0.05, 0.1) is 5.56 Å². The zero-order valence-corrected chi connectivity index (χ0v) is 13.3. The molecule has 1 N–H and O–H groups in total. The lowest BCUT2D eigenvalue weighted by atomic mass is 10.2. The second-order valence-corrected chi connectivity index (χ2v) is 5.38. The predicted molar refractivity (Wildman–Crippen MR) is 82.3 cm³/mol. The highest BCUT2D eigenvalue weighted by atomic mass is 79.9. The molecule has 0 bridgehead atoms. The fourth-order valence-electron chi connectivity index (χ4n) is 1.72. The fourth-order valence-corrected chi connectivity index (χ4v) is 1.99. The van der Waals surface area contributed by atoms with Crippen LogP contribution >= 0.6 is 15.9 Å². The summed E-state index contributed by atoms with van der Waals surface area (Å²) >= 11 is 3.25. The van der Waals surface area contributed by atoms with Gasteiger partial charge in [-0.25, -0.2) is 4.79 Å². The average molecular weight is 365 g/mol. The van der Waals surface area contributed by atoms with Gasteiger partial charge in [0, 0.05) is 17.7 Å². The number of imide groups is 1. The lowest BCUT2D eigenvalue weighted by Gasteiger charge is -2.06. The van der Waals surface area contributed by atoms with E-state index >= 15 is 0 Å². The van der Waals surface area contributed by atoms with Crippen molar-refractivity contribution < 1.29 is 19.1 Å². The van der Waals surface area contributed by atoms with E-state index in [0.29, 0.717) is 11.3 Å². The molecule has 2 aromatic rings. The van der Waals surface area contributed by atoms with Gasteiger partial charge in [-0.1, -0.05) is 15.9 Å². The van der Waals surface area contributed by atoms with Crippen molar-refractivity contribution in [2.24, 2.45) is 7.05 Å². The molecule has 0 radical (unpaired) electrons. The first-order valence-electron chi connectivity index (χ1n) is 6.35. The van der Waals surface area contributed by atoms with Crippen LogP contribution in [-0.4, -0.2) is 29.0 Å². The van der Waals surface area contributed by atoms with Gasteiger partial charge in [-0.3, -0.25) is 14.9 Å². The van der Waals surface area contributed by atoms with Crippen molar-refractivity contribution in [2.45, 2.75) is 0 Å². The molecule has 1 heterocycles. The Morgan fingerprint density at radius 1 is 1.18 bits per heavy atom. The van der Waals surface area contributed by atoms with Crippen LogP contribution in [0.3, 0.4) is 0 Å². The van der Waals surface area contributed by atoms with Crippen LogP contribution in [0.5, 0.6) is 0 Å². The van der Waals surface area contributed by atoms with E-state index in [1.807, 2.05) is 0 Å². The molecule has 0 fully saturated rings. The summed E-state index contributed by atoms with van der Waals surface area (Å²) in [7, 11) is 1.69. The van der Waals surface area contributed by atoms with Crippen LogP contribution in [0.15, 0.2) is 47.1 Å². The molecule has 0 saturated heterocycles. The molecule has 1 aromatic heterocycles. The predicted octanol–water partition coefficient (Wildman–Crippen LogP) is 1.90. The summed E-state index contributed by atoms with van der Waals surface area (Å²) in [6, 6.07) is 9.79. The van der Waals surface area contributed by atoms with E-state index in [0.717, 1.165) is 4.47 Å². The first kappa shape index (κ1) is 16.0. The van der Waals surface area contributed by atoms with E-state index in [-0.39, 0.29) is 0 Å². The minimum atomic E-state index is -0.684. The lowest BCUT2D eigenvalue weighted by molar-refractivity contribution is -0.123. The molecule has 1 aromatic carbocycles. The van der Waals surface area contributed by atoms with Gasteiger partial charge in [-0.15, -0.1) is 0 Å². The van der Waals surface area contributed by atoms with E-state index in [4.69, 9.17) is 4.74 Å². The summed E-state index contributed by atoms with van der Waals surface area (Å²) in [5.74, 6) is -1.86. The van der Waals surface area contributed by atoms with Crippen LogP contribution < -0.4 is 5.32 Å². The summed E-state index contributed by atoms with van der Waals surface area (Å²) in [6.07, 6.45) is 1.69. The molecule has 22 heavy (non-hydrogen) atoms. The molecule has 0 aliphatic carbocycles. The molecule has 0 saturated carbocycles. The molecule has 2 rings (SSSR count). The van der Waals surface area contributed by atoms with Crippen molar-refractivity contribution in [2.75, 3.05) is 6.61 Å². The highest BCUT2D eigenvalue weighted by Gasteiger charge is 2.15. The second kappa shape index (κ2) is 7.04. The Morgan fingerprint density at radius 3 is 2.45 bits per heavy atom. The van der Waals surface area contributed by atoms with Crippen LogP contribution in [0.4, 0.5) is 0 Å². The largest absolute Gasteiger partial charge is 0.452 e. The van der Waals surface area contributed by atoms with Crippen molar-refractivity contribution in [3.63, 3.8) is 0 Å². The van der Waals surface area contributed by atoms with Crippen molar-refractivity contribution in [3.05, 3.63) is 58.3 Å². The normalized spacial score (nSPS) is 10.1. The van der Waals surface area contributed by atoms with E-state index in [9.17, 15) is 14.4 Å². The van der Waals surface area contributed by atoms with Gasteiger partial charge in [0.2, 0.25) is 0 Å². The first-order valence-corrected chi connectivity index (χ1v) is 7.15. The molecular weight excluding hydrogens is 352 g/mol. The van der Waals surface area contributed by atoms with E-state index < -0.39 is 24.4 Å². The van der Waals surface area contributed by atoms with Crippen LogP contribution in [0.1, 0.15) is 20.8 Å². The quantitative estimate of drug-likeness (QED) is 0.840. The number of nitrogens with one attached hydrogen (secondary N) is 1. The number of amides is 2. The number of rotatable bonds is 4. The van der Waals surface area contributed by atoms with Gasteiger partial charge in [-0.2, -0.15) is 0 Å².